The molecule has 0 aromatic heterocycles. The number of anilines is 1. The molecule has 0 aliphatic carbocycles. The van der Waals surface area contributed by atoms with E-state index >= 15 is 0 Å². The summed E-state index contributed by atoms with van der Waals surface area (Å²) in [5.41, 5.74) is 7.83. The molecule has 0 unspecified atom stereocenters. The number of urea groups is 1. The first-order valence-electron chi connectivity index (χ1n) is 10.3. The number of hydrogen-bond acceptors (Lipinski definition) is 3. The van der Waals surface area contributed by atoms with E-state index in [0.717, 1.165) is 61.6 Å². The van der Waals surface area contributed by atoms with Crippen LogP contribution >= 0.6 is 0 Å². The van der Waals surface area contributed by atoms with Crippen molar-refractivity contribution in [2.75, 3.05) is 24.5 Å². The quantitative estimate of drug-likeness (QED) is 0.579. The molecule has 2 amide bonds. The van der Waals surface area contributed by atoms with E-state index in [9.17, 15) is 4.79 Å². The van der Waals surface area contributed by atoms with E-state index in [4.69, 9.17) is 0 Å². The number of nitrogens with one attached hydrogen (secondary N) is 1. The average Bonchev–Trinajstić information content (AvgIpc) is 2.94. The van der Waals surface area contributed by atoms with E-state index in [0.29, 0.717) is 0 Å². The minimum absolute atomic E-state index is 0.106. The van der Waals surface area contributed by atoms with Gasteiger partial charge in [-0.25, -0.2) is 10.2 Å². The van der Waals surface area contributed by atoms with Crippen LogP contribution in [0.1, 0.15) is 63.0 Å². The smallest absolute Gasteiger partial charge is 0.337 e. The zero-order valence-corrected chi connectivity index (χ0v) is 16.8. The maximum Gasteiger partial charge on any atom is 0.337 e. The van der Waals surface area contributed by atoms with Crippen LogP contribution in [0.25, 0.3) is 0 Å². The monoisotopic (exact) mass is 368 g/mol. The zero-order valence-electron chi connectivity index (χ0n) is 16.8. The lowest BCUT2D eigenvalue weighted by molar-refractivity contribution is 0.187. The highest BCUT2D eigenvalue weighted by Gasteiger charge is 2.29. The van der Waals surface area contributed by atoms with Crippen LogP contribution in [-0.4, -0.2) is 36.3 Å². The van der Waals surface area contributed by atoms with Gasteiger partial charge in [0, 0.05) is 25.2 Å². The third-order valence-electron chi connectivity index (χ3n) is 5.44. The maximum atomic E-state index is 12.4. The highest BCUT2D eigenvalue weighted by Crippen LogP contribution is 2.35. The van der Waals surface area contributed by atoms with E-state index < -0.39 is 0 Å². The van der Waals surface area contributed by atoms with E-state index in [-0.39, 0.29) is 6.03 Å². The lowest BCUT2D eigenvalue weighted by Gasteiger charge is -2.25. The number of allylic oxidation sites excluding steroid dienone is 1. The molecule has 2 heterocycles. The number of carbonyl (C=O) groups excluding carboxylic acids is 1. The fourth-order valence-electron chi connectivity index (χ4n) is 3.85. The van der Waals surface area contributed by atoms with Crippen molar-refractivity contribution in [3.63, 3.8) is 0 Å². The number of hydrogen-bond donors (Lipinski definition) is 1. The summed E-state index contributed by atoms with van der Waals surface area (Å²) >= 11 is 0. The molecular weight excluding hydrogens is 336 g/mol. The van der Waals surface area contributed by atoms with Crippen LogP contribution in [-0.2, 0) is 0 Å². The Hall–Kier alpha value is -2.30. The molecule has 2 aliphatic rings. The second-order valence-corrected chi connectivity index (χ2v) is 7.60. The van der Waals surface area contributed by atoms with E-state index in [1.165, 1.54) is 31.2 Å². The highest BCUT2D eigenvalue weighted by atomic mass is 16.2. The number of nitrogens with zero attached hydrogens (tertiary/aromatic N) is 3. The summed E-state index contributed by atoms with van der Waals surface area (Å²) in [6.45, 7) is 11.2. The Kier molecular flexibility index (Phi) is 6.54. The summed E-state index contributed by atoms with van der Waals surface area (Å²) in [5, 5.41) is 4.49. The Morgan fingerprint density at radius 3 is 2.70 bits per heavy atom. The lowest BCUT2D eigenvalue weighted by atomic mass is 10.1. The van der Waals surface area contributed by atoms with Crippen molar-refractivity contribution in [3.05, 3.63) is 41.6 Å². The third kappa shape index (κ3) is 4.52. The first-order valence-corrected chi connectivity index (χ1v) is 10.3. The average molecular weight is 369 g/mol. The summed E-state index contributed by atoms with van der Waals surface area (Å²) in [5.74, 6) is 0. The van der Waals surface area contributed by atoms with Crippen molar-refractivity contribution >= 4 is 17.4 Å². The van der Waals surface area contributed by atoms with Gasteiger partial charge in [-0.1, -0.05) is 44.4 Å². The number of hydrazone groups is 1. The minimum Gasteiger partial charge on any atom is -0.340 e. The Morgan fingerprint density at radius 1 is 1.19 bits per heavy atom. The number of fused-ring (bicyclic) bond motifs is 1. The molecule has 0 bridgehead atoms. The molecule has 27 heavy (non-hydrogen) atoms. The molecule has 146 valence electrons. The number of amides is 2. The normalized spacial score (nSPS) is 18.1. The van der Waals surface area contributed by atoms with Gasteiger partial charge in [-0.3, -0.25) is 0 Å². The van der Waals surface area contributed by atoms with Crippen molar-refractivity contribution in [3.8, 4) is 0 Å². The van der Waals surface area contributed by atoms with Crippen LogP contribution in [0, 0.1) is 6.92 Å². The Bertz CT molecular complexity index is 719. The van der Waals surface area contributed by atoms with Crippen molar-refractivity contribution in [1.82, 2.24) is 10.3 Å². The molecular formula is C22H32N4O. The summed E-state index contributed by atoms with van der Waals surface area (Å²) in [4.78, 5) is 16.5. The number of piperidine rings is 1. The zero-order chi connectivity index (χ0) is 19.2. The predicted molar refractivity (Wildman–Crippen MR) is 112 cm³/mol. The van der Waals surface area contributed by atoms with Gasteiger partial charge in [-0.2, -0.15) is 5.10 Å². The fourth-order valence-corrected chi connectivity index (χ4v) is 3.85. The molecule has 0 atom stereocenters. The Labute approximate surface area is 163 Å². The first kappa shape index (κ1) is 19.5. The number of rotatable bonds is 6. The SMILES string of the molecule is C=C1/C(=N\NC(=O)N2CCCCC2)c2cc(C)ccc2N1CCCCCC. The van der Waals surface area contributed by atoms with E-state index in [2.05, 4.69) is 54.1 Å². The Balaban J connectivity index is 1.75. The second-order valence-electron chi connectivity index (χ2n) is 7.60. The van der Waals surface area contributed by atoms with Crippen LogP contribution in [0.2, 0.25) is 0 Å². The number of carbonyl (C=O) groups is 1. The molecule has 0 radical (unpaired) electrons. The summed E-state index contributed by atoms with van der Waals surface area (Å²) in [7, 11) is 0. The van der Waals surface area contributed by atoms with Crippen molar-refractivity contribution in [2.45, 2.75) is 58.8 Å². The van der Waals surface area contributed by atoms with Gasteiger partial charge < -0.3 is 9.80 Å². The maximum absolute atomic E-state index is 12.4. The van der Waals surface area contributed by atoms with Crippen LogP contribution in [0.3, 0.4) is 0 Å². The third-order valence-corrected chi connectivity index (χ3v) is 5.44. The molecule has 0 saturated carbocycles. The number of unbranched alkanes of at least 4 members (excludes halogenated alkanes) is 3. The minimum atomic E-state index is -0.106. The van der Waals surface area contributed by atoms with Gasteiger partial charge in [-0.15, -0.1) is 0 Å². The van der Waals surface area contributed by atoms with Crippen molar-refractivity contribution < 1.29 is 4.79 Å². The molecule has 0 spiro atoms. The molecule has 3 rings (SSSR count). The summed E-state index contributed by atoms with van der Waals surface area (Å²) < 4.78 is 0. The topological polar surface area (TPSA) is 47.9 Å². The van der Waals surface area contributed by atoms with Crippen LogP contribution in [0.4, 0.5) is 10.5 Å². The van der Waals surface area contributed by atoms with Gasteiger partial charge >= 0.3 is 6.03 Å². The molecule has 5 nitrogen and oxygen atoms in total. The van der Waals surface area contributed by atoms with Gasteiger partial charge in [0.15, 0.2) is 0 Å². The van der Waals surface area contributed by atoms with Gasteiger partial charge in [0.1, 0.15) is 5.71 Å². The number of benzene rings is 1. The van der Waals surface area contributed by atoms with E-state index in [1.807, 2.05) is 4.90 Å². The standard InChI is InChI=1S/C22H32N4O/c1-4-5-6-10-15-26-18(3)21(19-16-17(2)11-12-20(19)26)23-24-22(27)25-13-8-7-9-14-25/h11-12,16H,3-10,13-15H2,1-2H3,(H,24,27)/b23-21+. The van der Waals surface area contributed by atoms with Gasteiger partial charge in [-0.05, 0) is 44.7 Å². The van der Waals surface area contributed by atoms with Gasteiger partial charge in [0.2, 0.25) is 0 Å². The largest absolute Gasteiger partial charge is 0.340 e. The molecule has 1 aromatic rings. The molecule has 1 aromatic carbocycles. The number of aryl methyl sites for hydroxylation is 1. The lowest BCUT2D eigenvalue weighted by Crippen LogP contribution is -2.41. The van der Waals surface area contributed by atoms with Crippen molar-refractivity contribution in [2.24, 2.45) is 5.10 Å². The van der Waals surface area contributed by atoms with Crippen LogP contribution in [0.5, 0.6) is 0 Å². The molecule has 5 heteroatoms. The molecule has 1 fully saturated rings. The second kappa shape index (κ2) is 9.07. The molecule has 1 saturated heterocycles. The molecule has 1 N–H and O–H groups in total. The van der Waals surface area contributed by atoms with Crippen LogP contribution in [0.15, 0.2) is 35.6 Å². The van der Waals surface area contributed by atoms with Gasteiger partial charge in [0.25, 0.3) is 0 Å². The summed E-state index contributed by atoms with van der Waals surface area (Å²) in [6.07, 6.45) is 8.19. The highest BCUT2D eigenvalue weighted by molar-refractivity contribution is 6.22. The van der Waals surface area contributed by atoms with Gasteiger partial charge in [0.05, 0.1) is 11.4 Å². The van der Waals surface area contributed by atoms with Crippen molar-refractivity contribution in [1.29, 1.82) is 0 Å². The van der Waals surface area contributed by atoms with E-state index in [1.54, 1.807) is 0 Å². The van der Waals surface area contributed by atoms with Crippen LogP contribution < -0.4 is 10.3 Å². The first-order chi connectivity index (χ1) is 13.1. The summed E-state index contributed by atoms with van der Waals surface area (Å²) in [6, 6.07) is 6.30. The Morgan fingerprint density at radius 2 is 1.96 bits per heavy atom. The molecule has 2 aliphatic heterocycles. The number of likely N-dealkylation sites (tertiary alicyclic amines) is 1. The fraction of sp³-hybridized carbons (Fsp3) is 0.545. The predicted octanol–water partition coefficient (Wildman–Crippen LogP) is 4.81.